The van der Waals surface area contributed by atoms with Gasteiger partial charge in [0.1, 0.15) is 11.6 Å². The zero-order valence-corrected chi connectivity index (χ0v) is 10.7. The Morgan fingerprint density at radius 1 is 1.18 bits per heavy atom. The molecule has 0 fully saturated rings. The fourth-order valence-electron chi connectivity index (χ4n) is 1.52. The van der Waals surface area contributed by atoms with Crippen molar-refractivity contribution in [3.05, 3.63) is 6.07 Å². The van der Waals surface area contributed by atoms with Crippen LogP contribution >= 0.6 is 0 Å². The summed E-state index contributed by atoms with van der Waals surface area (Å²) in [6.07, 6.45) is 2.27. The van der Waals surface area contributed by atoms with Crippen LogP contribution in [0.25, 0.3) is 0 Å². The monoisotopic (exact) mass is 238 g/mol. The molecule has 17 heavy (non-hydrogen) atoms. The van der Waals surface area contributed by atoms with Gasteiger partial charge in [-0.1, -0.05) is 13.8 Å². The first kappa shape index (κ1) is 13.5. The summed E-state index contributed by atoms with van der Waals surface area (Å²) in [7, 11) is 0. The van der Waals surface area contributed by atoms with Crippen molar-refractivity contribution >= 4 is 17.6 Å². The molecule has 0 saturated carbocycles. The predicted octanol–water partition coefficient (Wildman–Crippen LogP) is 1.58. The maximum Gasteiger partial charge on any atom is 0.223 e. The highest BCUT2D eigenvalue weighted by Gasteiger charge is 2.06. The number of nitrogens with zero attached hydrogens (tertiary/aromatic N) is 2. The Morgan fingerprint density at radius 3 is 2.41 bits per heavy atom. The first-order valence-electron chi connectivity index (χ1n) is 5.89. The highest BCUT2D eigenvalue weighted by molar-refractivity contribution is 5.50. The van der Waals surface area contributed by atoms with Crippen LogP contribution in [0.2, 0.25) is 0 Å². The first-order chi connectivity index (χ1) is 8.01. The summed E-state index contributed by atoms with van der Waals surface area (Å²) in [4.78, 5) is 8.03. The van der Waals surface area contributed by atoms with Gasteiger partial charge in [-0.05, 0) is 25.7 Å². The van der Waals surface area contributed by atoms with Crippen LogP contribution in [0.1, 0.15) is 33.6 Å². The van der Waals surface area contributed by atoms with E-state index in [1.54, 1.807) is 6.07 Å². The molecule has 1 aromatic heterocycles. The molecule has 1 heterocycles. The van der Waals surface area contributed by atoms with Crippen LogP contribution in [0, 0.1) is 5.92 Å². The Bertz CT molecular complexity index is 352. The molecule has 6 nitrogen and oxygen atoms in total. The van der Waals surface area contributed by atoms with Gasteiger partial charge in [-0.2, -0.15) is 9.97 Å². The minimum absolute atomic E-state index is 0.207. The summed E-state index contributed by atoms with van der Waals surface area (Å²) in [5.41, 5.74) is 8.04. The molecule has 0 radical (unpaired) electrons. The van der Waals surface area contributed by atoms with E-state index < -0.39 is 0 Å². The van der Waals surface area contributed by atoms with E-state index in [9.17, 15) is 0 Å². The first-order valence-corrected chi connectivity index (χ1v) is 5.89. The van der Waals surface area contributed by atoms with E-state index in [-0.39, 0.29) is 5.95 Å². The summed E-state index contributed by atoms with van der Waals surface area (Å²) in [6, 6.07) is 2.08. The lowest BCUT2D eigenvalue weighted by molar-refractivity contribution is 0.527. The molecular weight excluding hydrogens is 216 g/mol. The fourth-order valence-corrected chi connectivity index (χ4v) is 1.52. The van der Waals surface area contributed by atoms with Crippen LogP contribution in [0.5, 0.6) is 0 Å². The van der Waals surface area contributed by atoms with Crippen molar-refractivity contribution in [2.45, 2.75) is 39.7 Å². The van der Waals surface area contributed by atoms with Crippen molar-refractivity contribution in [2.24, 2.45) is 11.8 Å². The standard InChI is InChI=1S/C11H22N6/c1-7(2)4-5-8(3)14-9-6-10(17-13)16-11(12)15-9/h6-8H,4-5,13H2,1-3H3,(H4,12,14,15,16,17). The summed E-state index contributed by atoms with van der Waals surface area (Å²) in [5.74, 6) is 7.41. The zero-order chi connectivity index (χ0) is 12.8. The minimum Gasteiger partial charge on any atom is -0.368 e. The average Bonchev–Trinajstić information content (AvgIpc) is 2.25. The number of anilines is 3. The lowest BCUT2D eigenvalue weighted by Crippen LogP contribution is -2.18. The van der Waals surface area contributed by atoms with E-state index in [0.29, 0.717) is 23.6 Å². The molecule has 6 N–H and O–H groups in total. The lowest BCUT2D eigenvalue weighted by atomic mass is 10.0. The third kappa shape index (κ3) is 4.86. The van der Waals surface area contributed by atoms with Crippen molar-refractivity contribution in [2.75, 3.05) is 16.5 Å². The molecule has 6 heteroatoms. The average molecular weight is 238 g/mol. The van der Waals surface area contributed by atoms with Gasteiger partial charge in [-0.25, -0.2) is 5.84 Å². The largest absolute Gasteiger partial charge is 0.368 e. The molecule has 1 rings (SSSR count). The molecule has 1 aromatic rings. The van der Waals surface area contributed by atoms with Crippen LogP contribution < -0.4 is 22.3 Å². The van der Waals surface area contributed by atoms with Crippen LogP contribution in [0.15, 0.2) is 6.07 Å². The van der Waals surface area contributed by atoms with E-state index in [4.69, 9.17) is 11.6 Å². The molecule has 1 unspecified atom stereocenters. The molecule has 0 spiro atoms. The Hall–Kier alpha value is -1.56. The number of hydrazine groups is 1. The summed E-state index contributed by atoms with van der Waals surface area (Å²) >= 11 is 0. The molecule has 96 valence electrons. The molecule has 0 bridgehead atoms. The molecule has 0 saturated heterocycles. The predicted molar refractivity (Wildman–Crippen MR) is 71.4 cm³/mol. The van der Waals surface area contributed by atoms with Crippen molar-refractivity contribution < 1.29 is 0 Å². The maximum absolute atomic E-state index is 5.58. The Morgan fingerprint density at radius 2 is 1.82 bits per heavy atom. The van der Waals surface area contributed by atoms with Crippen LogP contribution in [0.3, 0.4) is 0 Å². The molecule has 0 aromatic carbocycles. The summed E-state index contributed by atoms with van der Waals surface area (Å²) in [5, 5.41) is 3.29. The highest BCUT2D eigenvalue weighted by atomic mass is 15.3. The topological polar surface area (TPSA) is 102 Å². The molecule has 0 aliphatic heterocycles. The lowest BCUT2D eigenvalue weighted by Gasteiger charge is -2.16. The Labute approximate surface area is 102 Å². The van der Waals surface area contributed by atoms with E-state index in [1.165, 1.54) is 6.42 Å². The summed E-state index contributed by atoms with van der Waals surface area (Å²) < 4.78 is 0. The summed E-state index contributed by atoms with van der Waals surface area (Å²) in [6.45, 7) is 6.55. The smallest absolute Gasteiger partial charge is 0.223 e. The number of aromatic nitrogens is 2. The molecule has 1 atom stereocenters. The molecule has 0 aliphatic carbocycles. The minimum atomic E-state index is 0.207. The number of rotatable bonds is 6. The van der Waals surface area contributed by atoms with Gasteiger partial charge in [-0.15, -0.1) is 0 Å². The van der Waals surface area contributed by atoms with Gasteiger partial charge in [0, 0.05) is 12.1 Å². The van der Waals surface area contributed by atoms with Crippen LogP contribution in [0.4, 0.5) is 17.6 Å². The third-order valence-corrected chi connectivity index (χ3v) is 2.46. The zero-order valence-electron chi connectivity index (χ0n) is 10.7. The number of nitrogens with one attached hydrogen (secondary N) is 2. The SMILES string of the molecule is CC(C)CCC(C)Nc1cc(NN)nc(N)n1. The van der Waals surface area contributed by atoms with Gasteiger partial charge in [0.25, 0.3) is 0 Å². The van der Waals surface area contributed by atoms with Gasteiger partial charge >= 0.3 is 0 Å². The van der Waals surface area contributed by atoms with Crippen LogP contribution in [-0.4, -0.2) is 16.0 Å². The van der Waals surface area contributed by atoms with Gasteiger partial charge in [-0.3, -0.25) is 0 Å². The third-order valence-electron chi connectivity index (χ3n) is 2.46. The van der Waals surface area contributed by atoms with Gasteiger partial charge in [0.05, 0.1) is 0 Å². The van der Waals surface area contributed by atoms with E-state index >= 15 is 0 Å². The van der Waals surface area contributed by atoms with Crippen molar-refractivity contribution in [1.82, 2.24) is 9.97 Å². The highest BCUT2D eigenvalue weighted by Crippen LogP contribution is 2.15. The van der Waals surface area contributed by atoms with Crippen molar-refractivity contribution in [3.63, 3.8) is 0 Å². The second-order valence-corrected chi connectivity index (χ2v) is 4.66. The molecule has 0 aliphatic rings. The number of nitrogen functional groups attached to an aromatic ring is 2. The number of nitrogens with two attached hydrogens (primary N) is 2. The fraction of sp³-hybridized carbons (Fsp3) is 0.636. The quantitative estimate of drug-likeness (QED) is 0.443. The van der Waals surface area contributed by atoms with Gasteiger partial charge in [0.15, 0.2) is 0 Å². The van der Waals surface area contributed by atoms with E-state index in [0.717, 1.165) is 6.42 Å². The molecular formula is C11H22N6. The number of hydrogen-bond donors (Lipinski definition) is 4. The second kappa shape index (κ2) is 6.24. The molecule has 0 amide bonds. The number of hydrogen-bond acceptors (Lipinski definition) is 6. The van der Waals surface area contributed by atoms with Gasteiger partial charge in [0.2, 0.25) is 5.95 Å². The second-order valence-electron chi connectivity index (χ2n) is 4.66. The van der Waals surface area contributed by atoms with Gasteiger partial charge < -0.3 is 16.5 Å². The normalized spacial score (nSPS) is 12.5. The van der Waals surface area contributed by atoms with Crippen molar-refractivity contribution in [3.8, 4) is 0 Å². The van der Waals surface area contributed by atoms with E-state index in [2.05, 4.69) is 41.5 Å². The Kier molecular flexibility index (Phi) is 4.96. The van der Waals surface area contributed by atoms with Crippen molar-refractivity contribution in [1.29, 1.82) is 0 Å². The van der Waals surface area contributed by atoms with Crippen LogP contribution in [-0.2, 0) is 0 Å². The maximum atomic E-state index is 5.58. The Balaban J connectivity index is 2.58. The van der Waals surface area contributed by atoms with E-state index in [1.807, 2.05) is 0 Å².